The molecule has 2 amide bonds. The van der Waals surface area contributed by atoms with Crippen LogP contribution in [0.25, 0.3) is 28.0 Å². The third-order valence-electron chi connectivity index (χ3n) is 5.54. The number of amides is 2. The lowest BCUT2D eigenvalue weighted by atomic mass is 10.1. The van der Waals surface area contributed by atoms with Crippen molar-refractivity contribution in [1.82, 2.24) is 30.2 Å². The minimum atomic E-state index is -1.48. The number of halogens is 1. The second kappa shape index (κ2) is 13.6. The summed E-state index contributed by atoms with van der Waals surface area (Å²) in [5.41, 5.74) is 4.30. The molecule has 0 bridgehead atoms. The average molecular weight is 520 g/mol. The first kappa shape index (κ1) is 28.7. The van der Waals surface area contributed by atoms with E-state index in [1.54, 1.807) is 23.0 Å². The molecule has 202 valence electrons. The Kier molecular flexibility index (Phi) is 10.3. The van der Waals surface area contributed by atoms with Gasteiger partial charge in [-0.25, -0.2) is 18.7 Å². The van der Waals surface area contributed by atoms with Crippen molar-refractivity contribution in [2.75, 3.05) is 25.0 Å². The van der Waals surface area contributed by atoms with Gasteiger partial charge in [0.05, 0.1) is 24.6 Å². The number of carbonyl (C=O) groups excluding carboxylic acids is 1. The smallest absolute Gasteiger partial charge is 0.319 e. The number of fused-ring (bicyclic) bond motifs is 1. The molecule has 0 saturated heterocycles. The Hall–Kier alpha value is -3.85. The van der Waals surface area contributed by atoms with Crippen molar-refractivity contribution in [3.05, 3.63) is 66.7 Å². The number of alkyl halides is 1. The topological polar surface area (TPSA) is 96.2 Å². The molecule has 0 unspecified atom stereocenters. The molecule has 0 aliphatic carbocycles. The molecule has 0 aliphatic heterocycles. The van der Waals surface area contributed by atoms with Gasteiger partial charge in [-0.3, -0.25) is 4.98 Å². The van der Waals surface area contributed by atoms with E-state index in [1.807, 2.05) is 49.5 Å². The number of carbonyl (C=O) groups is 1. The van der Waals surface area contributed by atoms with E-state index in [0.717, 1.165) is 28.1 Å². The lowest BCUT2D eigenvalue weighted by Crippen LogP contribution is -2.37. The number of urea groups is 1. The van der Waals surface area contributed by atoms with Crippen molar-refractivity contribution in [2.24, 2.45) is 0 Å². The highest BCUT2D eigenvalue weighted by Crippen LogP contribution is 2.25. The van der Waals surface area contributed by atoms with Crippen molar-refractivity contribution >= 4 is 17.4 Å². The van der Waals surface area contributed by atoms with Crippen LogP contribution in [-0.2, 0) is 0 Å². The molecule has 8 nitrogen and oxygen atoms in total. The zero-order valence-corrected chi connectivity index (χ0v) is 22.9. The van der Waals surface area contributed by atoms with E-state index in [2.05, 4.69) is 44.9 Å². The average Bonchev–Trinajstić information content (AvgIpc) is 3.32. The molecule has 3 aromatic heterocycles. The molecule has 3 N–H and O–H groups in total. The van der Waals surface area contributed by atoms with Crippen LogP contribution in [0.15, 0.2) is 61.1 Å². The van der Waals surface area contributed by atoms with E-state index in [1.165, 1.54) is 39.8 Å². The molecule has 9 heteroatoms. The second-order valence-corrected chi connectivity index (χ2v) is 9.70. The highest BCUT2D eigenvalue weighted by Gasteiger charge is 2.16. The van der Waals surface area contributed by atoms with Gasteiger partial charge in [-0.2, -0.15) is 5.10 Å². The Morgan fingerprint density at radius 3 is 2.37 bits per heavy atom. The molecule has 4 aromatic rings. The van der Waals surface area contributed by atoms with Crippen LogP contribution >= 0.6 is 0 Å². The van der Waals surface area contributed by atoms with Crippen LogP contribution in [0.4, 0.5) is 14.9 Å². The molecule has 0 aliphatic rings. The lowest BCUT2D eigenvalue weighted by molar-refractivity contribution is 0.205. The summed E-state index contributed by atoms with van der Waals surface area (Å²) in [5.74, 6) is 0. The maximum Gasteiger partial charge on any atom is 0.319 e. The summed E-state index contributed by atoms with van der Waals surface area (Å²) in [5, 5.41) is 13.1. The van der Waals surface area contributed by atoms with E-state index in [4.69, 9.17) is 0 Å². The van der Waals surface area contributed by atoms with Gasteiger partial charge in [0.25, 0.3) is 0 Å². The van der Waals surface area contributed by atoms with Crippen LogP contribution in [-0.4, -0.2) is 50.9 Å². The molecule has 38 heavy (non-hydrogen) atoms. The number of aromatic nitrogens is 4. The zero-order valence-electron chi connectivity index (χ0n) is 22.9. The Morgan fingerprint density at radius 1 is 0.947 bits per heavy atom. The molecule has 4 rings (SSSR count). The number of nitrogens with one attached hydrogen (secondary N) is 3. The van der Waals surface area contributed by atoms with Gasteiger partial charge in [0.1, 0.15) is 5.67 Å². The van der Waals surface area contributed by atoms with E-state index in [0.29, 0.717) is 11.3 Å². The fraction of sp³-hybridized carbons (Fsp3) is 0.379. The third-order valence-corrected chi connectivity index (χ3v) is 5.54. The molecular formula is C29H38FN7O. The fourth-order valence-corrected chi connectivity index (χ4v) is 3.57. The van der Waals surface area contributed by atoms with Gasteiger partial charge in [-0.05, 0) is 71.0 Å². The Morgan fingerprint density at radius 2 is 1.71 bits per heavy atom. The Balaban J connectivity index is 0.000000505. The summed E-state index contributed by atoms with van der Waals surface area (Å²) in [6.45, 7) is 11.4. The van der Waals surface area contributed by atoms with Crippen molar-refractivity contribution in [3.8, 4) is 22.4 Å². The quantitative estimate of drug-likeness (QED) is 0.235. The number of anilines is 1. The second-order valence-electron chi connectivity index (χ2n) is 9.70. The van der Waals surface area contributed by atoms with Gasteiger partial charge < -0.3 is 16.0 Å². The predicted molar refractivity (Wildman–Crippen MR) is 152 cm³/mol. The molecule has 0 fully saturated rings. The van der Waals surface area contributed by atoms with Gasteiger partial charge in [0, 0.05) is 34.3 Å². The summed E-state index contributed by atoms with van der Waals surface area (Å²) in [6.07, 6.45) is 7.83. The maximum atomic E-state index is 13.6. The number of aryl methyl sites for hydroxylation is 1. The largest absolute Gasteiger partial charge is 0.335 e. The predicted octanol–water partition coefficient (Wildman–Crippen LogP) is 6.03. The normalized spacial score (nSPS) is 11.1. The van der Waals surface area contributed by atoms with Gasteiger partial charge in [-0.1, -0.05) is 32.0 Å². The van der Waals surface area contributed by atoms with Crippen LogP contribution in [0.2, 0.25) is 0 Å². The number of hydrogen-bond donors (Lipinski definition) is 3. The number of pyridine rings is 1. The molecular weight excluding hydrogens is 481 g/mol. The molecule has 0 spiro atoms. The van der Waals surface area contributed by atoms with Crippen molar-refractivity contribution in [2.45, 2.75) is 53.1 Å². The van der Waals surface area contributed by atoms with Crippen LogP contribution in [0.1, 0.15) is 46.2 Å². The van der Waals surface area contributed by atoms with E-state index >= 15 is 0 Å². The minimum absolute atomic E-state index is 0.0749. The molecule has 1 aromatic carbocycles. The van der Waals surface area contributed by atoms with E-state index < -0.39 is 11.7 Å². The maximum absolute atomic E-state index is 13.6. The summed E-state index contributed by atoms with van der Waals surface area (Å²) in [6, 6.07) is 12.8. The van der Waals surface area contributed by atoms with Crippen molar-refractivity contribution in [3.63, 3.8) is 0 Å². The summed E-state index contributed by atoms with van der Waals surface area (Å²) in [7, 11) is 0. The summed E-state index contributed by atoms with van der Waals surface area (Å²) in [4.78, 5) is 20.9. The Labute approximate surface area is 224 Å². The van der Waals surface area contributed by atoms with Crippen LogP contribution < -0.4 is 16.0 Å². The number of nitrogens with zero attached hydrogens (tertiary/aromatic N) is 4. The minimum Gasteiger partial charge on any atom is -0.335 e. The van der Waals surface area contributed by atoms with E-state index in [-0.39, 0.29) is 6.54 Å². The molecule has 0 radical (unpaired) electrons. The molecule has 3 heterocycles. The van der Waals surface area contributed by atoms with Crippen molar-refractivity contribution in [1.29, 1.82) is 0 Å². The first-order valence-electron chi connectivity index (χ1n) is 13.0. The third kappa shape index (κ3) is 8.62. The Bertz CT molecular complexity index is 1310. The summed E-state index contributed by atoms with van der Waals surface area (Å²) < 4.78 is 15.3. The lowest BCUT2D eigenvalue weighted by Gasteiger charge is -2.15. The van der Waals surface area contributed by atoms with Crippen LogP contribution in [0.3, 0.4) is 0 Å². The van der Waals surface area contributed by atoms with Gasteiger partial charge in [-0.15, -0.1) is 0 Å². The molecule has 0 saturated carbocycles. The standard InChI is InChI=1S/C23H23FN6O.C6H15N/c1-15-7-8-17(11-25-15)18-10-21-26-13-20(30(21)28-12-18)16-5-4-6-19(9-16)29-22(31)27-14-23(2,3)24;1-3-5-7-6-4-2/h4-13H,14H2,1-3H3,(H2,27,29,31);7H,3-6H2,1-2H3. The van der Waals surface area contributed by atoms with Crippen LogP contribution in [0.5, 0.6) is 0 Å². The van der Waals surface area contributed by atoms with Gasteiger partial charge in [0.15, 0.2) is 5.65 Å². The summed E-state index contributed by atoms with van der Waals surface area (Å²) >= 11 is 0. The monoisotopic (exact) mass is 519 g/mol. The van der Waals surface area contributed by atoms with Crippen molar-refractivity contribution < 1.29 is 9.18 Å². The first-order chi connectivity index (χ1) is 18.2. The highest BCUT2D eigenvalue weighted by molar-refractivity contribution is 5.90. The van der Waals surface area contributed by atoms with Crippen LogP contribution in [0, 0.1) is 6.92 Å². The zero-order chi connectivity index (χ0) is 27.5. The van der Waals surface area contributed by atoms with E-state index in [9.17, 15) is 9.18 Å². The number of imidazole rings is 1. The number of benzene rings is 1. The van der Waals surface area contributed by atoms with Gasteiger partial charge in [0.2, 0.25) is 0 Å². The fourth-order valence-electron chi connectivity index (χ4n) is 3.57. The molecule has 0 atom stereocenters. The first-order valence-corrected chi connectivity index (χ1v) is 13.0. The number of hydrogen-bond acceptors (Lipinski definition) is 5. The van der Waals surface area contributed by atoms with Gasteiger partial charge >= 0.3 is 6.03 Å². The highest BCUT2D eigenvalue weighted by atomic mass is 19.1. The SMILES string of the molecule is CCCNCCC.Cc1ccc(-c2cnn3c(-c4cccc(NC(=O)NCC(C)(C)F)c4)cnc3c2)cn1. The number of rotatable bonds is 9.